The van der Waals surface area contributed by atoms with E-state index < -0.39 is 11.4 Å². The lowest BCUT2D eigenvalue weighted by molar-refractivity contribution is 0.436. The highest BCUT2D eigenvalue weighted by atomic mass is 32.2. The Kier molecular flexibility index (Phi) is 5.07. The zero-order valence-corrected chi connectivity index (χ0v) is 10.4. The summed E-state index contributed by atoms with van der Waals surface area (Å²) in [5, 5.41) is 0. The van der Waals surface area contributed by atoms with Crippen molar-refractivity contribution < 1.29 is 13.3 Å². The number of benzene rings is 1. The number of hydrogen-bond donors (Lipinski definition) is 2. The maximum Gasteiger partial charge on any atom is 0.0814 e. The van der Waals surface area contributed by atoms with E-state index in [4.69, 9.17) is 19.0 Å². The van der Waals surface area contributed by atoms with E-state index in [0.717, 1.165) is 18.1 Å². The monoisotopic (exact) mass is 261 g/mol. The predicted octanol–water partition coefficient (Wildman–Crippen LogP) is 1.50. The zero-order chi connectivity index (χ0) is 12.1. The Balaban J connectivity index is 0.000000280. The van der Waals surface area contributed by atoms with Gasteiger partial charge in [0, 0.05) is 17.1 Å². The highest BCUT2D eigenvalue weighted by molar-refractivity contribution is 7.99. The molecule has 0 saturated heterocycles. The number of nitrogens with two attached hydrogens (primary N) is 1. The average Bonchev–Trinajstić information content (AvgIpc) is 2.58. The number of rotatable bonds is 1. The summed E-state index contributed by atoms with van der Waals surface area (Å²) in [6.07, 6.45) is 0. The molecule has 1 aromatic carbocycles. The van der Waals surface area contributed by atoms with E-state index in [1.54, 1.807) is 0 Å². The molecule has 0 spiro atoms. The SMILES string of the molecule is CCN1CSc2cc(N)ccc21.O=S([O-])O. The average molecular weight is 261 g/mol. The van der Waals surface area contributed by atoms with Crippen LogP contribution in [-0.4, -0.2) is 25.7 Å². The summed E-state index contributed by atoms with van der Waals surface area (Å²) in [5.41, 5.74) is 7.88. The third kappa shape index (κ3) is 3.67. The van der Waals surface area contributed by atoms with Gasteiger partial charge in [0.15, 0.2) is 0 Å². The quantitative estimate of drug-likeness (QED) is 0.588. The number of anilines is 2. The Morgan fingerprint density at radius 3 is 2.88 bits per heavy atom. The second-order valence-electron chi connectivity index (χ2n) is 3.07. The van der Waals surface area contributed by atoms with Crippen LogP contribution in [0.1, 0.15) is 6.92 Å². The van der Waals surface area contributed by atoms with Crippen molar-refractivity contribution >= 4 is 34.5 Å². The summed E-state index contributed by atoms with van der Waals surface area (Å²) in [6, 6.07) is 6.12. The maximum absolute atomic E-state index is 8.56. The summed E-state index contributed by atoms with van der Waals surface area (Å²) < 4.78 is 24.1. The fraction of sp³-hybridized carbons (Fsp3) is 0.333. The molecule has 3 N–H and O–H groups in total. The van der Waals surface area contributed by atoms with E-state index in [-0.39, 0.29) is 0 Å². The first-order chi connectivity index (χ1) is 7.54. The summed E-state index contributed by atoms with van der Waals surface area (Å²) >= 11 is -1.00. The Morgan fingerprint density at radius 2 is 2.31 bits per heavy atom. The fourth-order valence-electron chi connectivity index (χ4n) is 1.39. The van der Waals surface area contributed by atoms with Crippen molar-refractivity contribution in [1.29, 1.82) is 0 Å². The molecule has 16 heavy (non-hydrogen) atoms. The van der Waals surface area contributed by atoms with Crippen molar-refractivity contribution in [2.24, 2.45) is 0 Å². The predicted molar refractivity (Wildman–Crippen MR) is 66.1 cm³/mol. The molecule has 0 saturated carbocycles. The number of hydrogen-bond acceptors (Lipinski definition) is 5. The highest BCUT2D eigenvalue weighted by Gasteiger charge is 2.17. The minimum atomic E-state index is -2.86. The number of thioether (sulfide) groups is 1. The first-order valence-corrected chi connectivity index (χ1v) is 6.62. The molecule has 5 nitrogen and oxygen atoms in total. The Hall–Kier alpha value is -0.760. The van der Waals surface area contributed by atoms with Crippen molar-refractivity contribution in [3.63, 3.8) is 0 Å². The molecule has 7 heteroatoms. The Morgan fingerprint density at radius 1 is 1.69 bits per heavy atom. The van der Waals surface area contributed by atoms with Crippen LogP contribution in [0.3, 0.4) is 0 Å². The van der Waals surface area contributed by atoms with Gasteiger partial charge in [0.1, 0.15) is 0 Å². The van der Waals surface area contributed by atoms with Gasteiger partial charge in [-0.3, -0.25) is 0 Å². The minimum absolute atomic E-state index is 0.860. The standard InChI is InChI=1S/C9H12N2S.H2O3S/c1-2-11-6-12-9-5-7(10)3-4-8(9)11;1-4(2)3/h3-5H,2,6,10H2,1H3;(H2,1,2,3)/p-1. The van der Waals surface area contributed by atoms with Crippen LogP contribution < -0.4 is 10.6 Å². The van der Waals surface area contributed by atoms with Gasteiger partial charge in [-0.15, -0.1) is 11.8 Å². The van der Waals surface area contributed by atoms with Crippen molar-refractivity contribution in [3.8, 4) is 0 Å². The molecule has 0 fully saturated rings. The summed E-state index contributed by atoms with van der Waals surface area (Å²) in [6.45, 7) is 3.25. The highest BCUT2D eigenvalue weighted by Crippen LogP contribution is 2.38. The third-order valence-electron chi connectivity index (χ3n) is 2.08. The number of fused-ring (bicyclic) bond motifs is 1. The van der Waals surface area contributed by atoms with Crippen molar-refractivity contribution in [3.05, 3.63) is 18.2 Å². The summed E-state index contributed by atoms with van der Waals surface area (Å²) in [7, 11) is 0. The normalized spacial score (nSPS) is 15.1. The zero-order valence-electron chi connectivity index (χ0n) is 8.75. The molecule has 0 aliphatic carbocycles. The van der Waals surface area contributed by atoms with Gasteiger partial charge in [0.25, 0.3) is 0 Å². The van der Waals surface area contributed by atoms with Crippen LogP contribution in [0.2, 0.25) is 0 Å². The lowest BCUT2D eigenvalue weighted by Gasteiger charge is -2.14. The molecular formula is C9H13N2O3S2-. The molecule has 1 unspecified atom stereocenters. The van der Waals surface area contributed by atoms with Crippen LogP contribution >= 0.6 is 11.8 Å². The van der Waals surface area contributed by atoms with Crippen LogP contribution in [0.25, 0.3) is 0 Å². The van der Waals surface area contributed by atoms with E-state index in [1.165, 1.54) is 10.6 Å². The van der Waals surface area contributed by atoms with Crippen molar-refractivity contribution in [1.82, 2.24) is 0 Å². The molecule has 1 aromatic rings. The summed E-state index contributed by atoms with van der Waals surface area (Å²) in [4.78, 5) is 3.66. The van der Waals surface area contributed by atoms with Crippen LogP contribution in [0.4, 0.5) is 11.4 Å². The molecule has 1 aliphatic heterocycles. The smallest absolute Gasteiger partial charge is 0.0814 e. The molecule has 1 aliphatic rings. The fourth-order valence-corrected chi connectivity index (χ4v) is 2.57. The molecule has 0 amide bonds. The molecule has 1 heterocycles. The lowest BCUT2D eigenvalue weighted by Crippen LogP contribution is -2.17. The Bertz CT molecular complexity index is 383. The van der Waals surface area contributed by atoms with E-state index in [2.05, 4.69) is 24.0 Å². The van der Waals surface area contributed by atoms with Gasteiger partial charge in [-0.05, 0) is 25.1 Å². The van der Waals surface area contributed by atoms with Crippen LogP contribution in [-0.2, 0) is 11.4 Å². The minimum Gasteiger partial charge on any atom is -0.750 e. The van der Waals surface area contributed by atoms with Gasteiger partial charge >= 0.3 is 0 Å². The first kappa shape index (κ1) is 13.3. The molecule has 2 rings (SSSR count). The van der Waals surface area contributed by atoms with Gasteiger partial charge < -0.3 is 19.7 Å². The second kappa shape index (κ2) is 6.09. The molecule has 0 bridgehead atoms. The number of nitrogen functional groups attached to an aromatic ring is 1. The van der Waals surface area contributed by atoms with E-state index in [0.29, 0.717) is 0 Å². The topological polar surface area (TPSA) is 89.6 Å². The third-order valence-corrected chi connectivity index (χ3v) is 3.16. The molecule has 0 radical (unpaired) electrons. The Labute approximate surface area is 101 Å². The van der Waals surface area contributed by atoms with Crippen LogP contribution in [0.15, 0.2) is 23.1 Å². The van der Waals surface area contributed by atoms with E-state index in [9.17, 15) is 0 Å². The molecule has 90 valence electrons. The van der Waals surface area contributed by atoms with Crippen LogP contribution in [0.5, 0.6) is 0 Å². The van der Waals surface area contributed by atoms with E-state index >= 15 is 0 Å². The first-order valence-electron chi connectivity index (χ1n) is 4.60. The van der Waals surface area contributed by atoms with Crippen LogP contribution in [0, 0.1) is 0 Å². The lowest BCUT2D eigenvalue weighted by atomic mass is 10.2. The molecule has 0 aromatic heterocycles. The molecule has 1 atom stereocenters. The molecular weight excluding hydrogens is 248 g/mol. The largest absolute Gasteiger partial charge is 0.750 e. The maximum atomic E-state index is 8.56. The summed E-state index contributed by atoms with van der Waals surface area (Å²) in [5.74, 6) is 1.06. The number of nitrogens with zero attached hydrogens (tertiary/aromatic N) is 1. The van der Waals surface area contributed by atoms with Gasteiger partial charge in [0.2, 0.25) is 0 Å². The second-order valence-corrected chi connectivity index (χ2v) is 4.49. The van der Waals surface area contributed by atoms with Crippen molar-refractivity contribution in [2.45, 2.75) is 11.8 Å². The van der Waals surface area contributed by atoms with E-state index in [1.807, 2.05) is 17.8 Å². The van der Waals surface area contributed by atoms with Gasteiger partial charge in [-0.25, -0.2) is 4.21 Å². The van der Waals surface area contributed by atoms with Gasteiger partial charge in [-0.1, -0.05) is 0 Å². The van der Waals surface area contributed by atoms with Gasteiger partial charge in [0.05, 0.1) is 22.9 Å². The van der Waals surface area contributed by atoms with Gasteiger partial charge in [-0.2, -0.15) is 0 Å². The van der Waals surface area contributed by atoms with Crippen molar-refractivity contribution in [2.75, 3.05) is 23.1 Å².